The van der Waals surface area contributed by atoms with Crippen LogP contribution in [0.3, 0.4) is 0 Å². The maximum atomic E-state index is 11.3. The van der Waals surface area contributed by atoms with Gasteiger partial charge in [-0.05, 0) is 18.1 Å². The molecule has 0 bridgehead atoms. The van der Waals surface area contributed by atoms with E-state index in [2.05, 4.69) is 21.7 Å². The van der Waals surface area contributed by atoms with Crippen molar-refractivity contribution in [3.63, 3.8) is 0 Å². The fraction of sp³-hybridized carbons (Fsp3) is 0.500. The van der Waals surface area contributed by atoms with E-state index in [-0.39, 0.29) is 17.3 Å². The number of carbonyl (C=O) groups is 1. The van der Waals surface area contributed by atoms with Gasteiger partial charge in [-0.15, -0.1) is 0 Å². The third-order valence-corrected chi connectivity index (χ3v) is 5.06. The van der Waals surface area contributed by atoms with E-state index in [0.29, 0.717) is 19.5 Å². The highest BCUT2D eigenvalue weighted by atomic mass is 16.5. The molecule has 9 heteroatoms. The van der Waals surface area contributed by atoms with E-state index in [1.807, 2.05) is 6.07 Å². The number of aromatic carboxylic acids is 1. The van der Waals surface area contributed by atoms with Crippen LogP contribution in [0.2, 0.25) is 0 Å². The Labute approximate surface area is 159 Å². The van der Waals surface area contributed by atoms with Crippen LogP contribution in [0.25, 0.3) is 0 Å². The predicted molar refractivity (Wildman–Crippen MR) is 104 cm³/mol. The lowest BCUT2D eigenvalue weighted by Gasteiger charge is -2.36. The van der Waals surface area contributed by atoms with Gasteiger partial charge in [-0.2, -0.15) is 0 Å². The average Bonchev–Trinajstić information content (AvgIpc) is 2.63. The van der Waals surface area contributed by atoms with Crippen LogP contribution in [0.5, 0.6) is 5.75 Å². The Morgan fingerprint density at radius 3 is 2.70 bits per heavy atom. The van der Waals surface area contributed by atoms with Crippen LogP contribution in [0.1, 0.15) is 15.9 Å². The Balaban J connectivity index is 1.55. The van der Waals surface area contributed by atoms with E-state index in [9.17, 15) is 14.9 Å². The third kappa shape index (κ3) is 4.81. The minimum absolute atomic E-state index is 0.0687. The SMILES string of the molecule is C=C(CN1CCN(CCN)CC1)NC1Cc2cccc(C(=O)O)c2OB1O. The molecule has 8 nitrogen and oxygen atoms in total. The number of para-hydroxylation sites is 1. The topological polar surface area (TPSA) is 111 Å². The molecule has 0 spiro atoms. The summed E-state index contributed by atoms with van der Waals surface area (Å²) < 4.78 is 5.51. The van der Waals surface area contributed by atoms with Crippen molar-refractivity contribution in [2.24, 2.45) is 5.73 Å². The number of nitrogens with one attached hydrogen (secondary N) is 1. The van der Waals surface area contributed by atoms with Crippen molar-refractivity contribution in [1.82, 2.24) is 15.1 Å². The quantitative estimate of drug-likeness (QED) is 0.468. The summed E-state index contributed by atoms with van der Waals surface area (Å²) in [7, 11) is -1.13. The van der Waals surface area contributed by atoms with Crippen molar-refractivity contribution in [3.8, 4) is 5.75 Å². The summed E-state index contributed by atoms with van der Waals surface area (Å²) in [5.74, 6) is -1.19. The third-order valence-electron chi connectivity index (χ3n) is 5.06. The smallest absolute Gasteiger partial charge is 0.534 e. The maximum absolute atomic E-state index is 11.3. The lowest BCUT2D eigenvalue weighted by Crippen LogP contribution is -2.53. The summed E-state index contributed by atoms with van der Waals surface area (Å²) in [5, 5.41) is 22.8. The largest absolute Gasteiger partial charge is 0.546 e. The van der Waals surface area contributed by atoms with Crippen molar-refractivity contribution in [1.29, 1.82) is 0 Å². The zero-order valence-corrected chi connectivity index (χ0v) is 15.4. The van der Waals surface area contributed by atoms with Crippen molar-refractivity contribution >= 4 is 13.1 Å². The molecule has 1 fully saturated rings. The molecule has 0 aliphatic carbocycles. The number of carboxylic acid groups (broad SMARTS) is 1. The molecule has 0 saturated carbocycles. The van der Waals surface area contributed by atoms with E-state index >= 15 is 0 Å². The van der Waals surface area contributed by atoms with Gasteiger partial charge in [0.15, 0.2) is 0 Å². The summed E-state index contributed by atoms with van der Waals surface area (Å²) in [6.07, 6.45) is 0.473. The Bertz CT molecular complexity index is 694. The van der Waals surface area contributed by atoms with Crippen LogP contribution in [0, 0.1) is 0 Å². The van der Waals surface area contributed by atoms with Gasteiger partial charge >= 0.3 is 13.1 Å². The number of hydrogen-bond acceptors (Lipinski definition) is 7. The number of piperazine rings is 1. The molecule has 0 radical (unpaired) electrons. The fourth-order valence-electron chi connectivity index (χ4n) is 3.65. The molecular formula is C18H27BN4O4. The Morgan fingerprint density at radius 2 is 2.04 bits per heavy atom. The van der Waals surface area contributed by atoms with Crippen LogP contribution >= 0.6 is 0 Å². The molecule has 2 heterocycles. The molecular weight excluding hydrogens is 347 g/mol. The number of fused-ring (bicyclic) bond motifs is 1. The standard InChI is InChI=1S/C18H27BN4O4/c1-13(12-23-9-7-22(6-5-20)8-10-23)21-16-11-14-3-2-4-15(18(24)25)17(14)27-19(16)26/h2-4,16,21,26H,1,5-12,20H2,(H,24,25). The molecule has 0 amide bonds. The van der Waals surface area contributed by atoms with Gasteiger partial charge in [0.1, 0.15) is 5.75 Å². The monoisotopic (exact) mass is 374 g/mol. The first-order valence-electron chi connectivity index (χ1n) is 9.27. The normalized spacial score (nSPS) is 20.7. The lowest BCUT2D eigenvalue weighted by atomic mass is 9.72. The van der Waals surface area contributed by atoms with Crippen LogP contribution in [-0.4, -0.2) is 84.8 Å². The van der Waals surface area contributed by atoms with Crippen LogP contribution in [-0.2, 0) is 6.42 Å². The molecule has 0 aromatic heterocycles. The number of rotatable bonds is 7. The fourth-order valence-corrected chi connectivity index (χ4v) is 3.65. The van der Waals surface area contributed by atoms with Gasteiger partial charge in [-0.3, -0.25) is 9.80 Å². The van der Waals surface area contributed by atoms with Crippen LogP contribution in [0.4, 0.5) is 0 Å². The highest BCUT2D eigenvalue weighted by Crippen LogP contribution is 2.30. The van der Waals surface area contributed by atoms with Crippen molar-refractivity contribution in [2.75, 3.05) is 45.8 Å². The van der Waals surface area contributed by atoms with E-state index in [1.165, 1.54) is 6.07 Å². The van der Waals surface area contributed by atoms with Crippen LogP contribution < -0.4 is 15.7 Å². The highest BCUT2D eigenvalue weighted by Gasteiger charge is 2.37. The molecule has 1 unspecified atom stereocenters. The van der Waals surface area contributed by atoms with Gasteiger partial charge in [-0.1, -0.05) is 18.7 Å². The van der Waals surface area contributed by atoms with Gasteiger partial charge < -0.3 is 25.8 Å². The summed E-state index contributed by atoms with van der Waals surface area (Å²) in [6, 6.07) is 4.99. The number of benzene rings is 1. The highest BCUT2D eigenvalue weighted by molar-refractivity contribution is 6.46. The molecule has 3 rings (SSSR count). The van der Waals surface area contributed by atoms with E-state index in [0.717, 1.165) is 44.0 Å². The lowest BCUT2D eigenvalue weighted by molar-refractivity contribution is 0.0694. The minimum atomic E-state index is -1.13. The van der Waals surface area contributed by atoms with Gasteiger partial charge in [0, 0.05) is 51.5 Å². The second-order valence-electron chi connectivity index (χ2n) is 7.07. The number of nitrogens with zero attached hydrogens (tertiary/aromatic N) is 2. The second-order valence-corrected chi connectivity index (χ2v) is 7.07. The van der Waals surface area contributed by atoms with Crippen molar-refractivity contribution < 1.29 is 19.6 Å². The Hall–Kier alpha value is -2.07. The molecule has 1 saturated heterocycles. The van der Waals surface area contributed by atoms with Gasteiger partial charge in [0.05, 0.1) is 11.5 Å². The van der Waals surface area contributed by atoms with Crippen LogP contribution in [0.15, 0.2) is 30.5 Å². The first kappa shape index (κ1) is 19.7. The minimum Gasteiger partial charge on any atom is -0.534 e. The van der Waals surface area contributed by atoms with Crippen molar-refractivity contribution in [2.45, 2.75) is 12.4 Å². The summed E-state index contributed by atoms with van der Waals surface area (Å²) in [5.41, 5.74) is 7.25. The molecule has 2 aliphatic rings. The zero-order valence-electron chi connectivity index (χ0n) is 15.4. The Morgan fingerprint density at radius 1 is 1.33 bits per heavy atom. The van der Waals surface area contributed by atoms with E-state index in [1.54, 1.807) is 6.07 Å². The molecule has 2 aliphatic heterocycles. The van der Waals surface area contributed by atoms with E-state index in [4.69, 9.17) is 10.4 Å². The summed E-state index contributed by atoms with van der Waals surface area (Å²) in [4.78, 5) is 16.0. The molecule has 146 valence electrons. The number of hydrogen-bond donors (Lipinski definition) is 4. The molecule has 1 aromatic rings. The number of carboxylic acids is 1. The zero-order chi connectivity index (χ0) is 19.4. The van der Waals surface area contributed by atoms with E-state index < -0.39 is 13.1 Å². The molecule has 1 atom stereocenters. The van der Waals surface area contributed by atoms with Gasteiger partial charge in [-0.25, -0.2) is 4.79 Å². The molecule has 5 N–H and O–H groups in total. The maximum Gasteiger partial charge on any atom is 0.546 e. The summed E-state index contributed by atoms with van der Waals surface area (Å²) >= 11 is 0. The molecule has 27 heavy (non-hydrogen) atoms. The summed E-state index contributed by atoms with van der Waals surface area (Å²) in [6.45, 7) is 10.3. The molecule has 1 aromatic carbocycles. The average molecular weight is 374 g/mol. The predicted octanol–water partition coefficient (Wildman–Crippen LogP) is -0.612. The first-order chi connectivity index (χ1) is 13.0. The van der Waals surface area contributed by atoms with Gasteiger partial charge in [0.2, 0.25) is 0 Å². The second kappa shape index (κ2) is 8.75. The van der Waals surface area contributed by atoms with Gasteiger partial charge in [0.25, 0.3) is 0 Å². The van der Waals surface area contributed by atoms with Crippen molar-refractivity contribution in [3.05, 3.63) is 41.6 Å². The number of nitrogens with two attached hydrogens (primary N) is 1. The Kier molecular flexibility index (Phi) is 6.38. The first-order valence-corrected chi connectivity index (χ1v) is 9.27.